The Labute approximate surface area is 134 Å². The first-order valence-electron chi connectivity index (χ1n) is 7.59. The Morgan fingerprint density at radius 1 is 1.17 bits per heavy atom. The van der Waals surface area contributed by atoms with Crippen molar-refractivity contribution in [3.63, 3.8) is 0 Å². The first-order valence-corrected chi connectivity index (χ1v) is 7.59. The second-order valence-corrected chi connectivity index (χ2v) is 5.29. The van der Waals surface area contributed by atoms with Gasteiger partial charge in [0.15, 0.2) is 5.78 Å². The van der Waals surface area contributed by atoms with Crippen LogP contribution in [0.2, 0.25) is 0 Å². The van der Waals surface area contributed by atoms with Crippen LogP contribution in [0.1, 0.15) is 28.4 Å². The van der Waals surface area contributed by atoms with Gasteiger partial charge in [0.2, 0.25) is 0 Å². The van der Waals surface area contributed by atoms with Gasteiger partial charge in [-0.15, -0.1) is 0 Å². The topological polar surface area (TPSA) is 26.3 Å². The minimum atomic E-state index is -0.354. The van der Waals surface area contributed by atoms with Crippen LogP contribution < -0.4 is 0 Å². The zero-order valence-electron chi connectivity index (χ0n) is 12.8. The van der Waals surface area contributed by atoms with Gasteiger partial charge in [0.25, 0.3) is 0 Å². The molecule has 0 saturated carbocycles. The van der Waals surface area contributed by atoms with Gasteiger partial charge < -0.3 is 4.74 Å². The van der Waals surface area contributed by atoms with Crippen molar-refractivity contribution in [1.29, 1.82) is 0 Å². The molecule has 3 heteroatoms. The molecule has 0 heterocycles. The minimum Gasteiger partial charge on any atom is -0.370 e. The van der Waals surface area contributed by atoms with E-state index in [1.54, 1.807) is 6.08 Å². The molecule has 0 spiro atoms. The number of allylic oxidation sites excluding steroid dienone is 1. The molecule has 116 valence electrons. The third kappa shape index (κ3) is 3.30. The van der Waals surface area contributed by atoms with Crippen molar-refractivity contribution in [2.75, 3.05) is 6.61 Å². The zero-order chi connectivity index (χ0) is 16.2. The number of rotatable bonds is 4. The van der Waals surface area contributed by atoms with Crippen molar-refractivity contribution in [1.82, 2.24) is 0 Å². The standard InChI is InChI=1S/C20H17FO2/c1-2-23-20-12-9-14-5-3-4-6-17(14)18(20)13-19(22)15-7-10-16(21)11-8-15/h3-13,20H,2H2,1H3. The molecule has 1 unspecified atom stereocenters. The van der Waals surface area contributed by atoms with Crippen LogP contribution >= 0.6 is 0 Å². The fraction of sp³-hybridized carbons (Fsp3) is 0.150. The molecule has 0 N–H and O–H groups in total. The fourth-order valence-corrected chi connectivity index (χ4v) is 2.68. The van der Waals surface area contributed by atoms with Crippen LogP contribution in [0.15, 0.2) is 60.7 Å². The maximum absolute atomic E-state index is 13.0. The fourth-order valence-electron chi connectivity index (χ4n) is 2.68. The summed E-state index contributed by atoms with van der Waals surface area (Å²) in [5, 5.41) is 0. The largest absolute Gasteiger partial charge is 0.370 e. The second kappa shape index (κ2) is 6.71. The van der Waals surface area contributed by atoms with Crippen molar-refractivity contribution >= 4 is 17.4 Å². The third-order valence-electron chi connectivity index (χ3n) is 3.79. The van der Waals surface area contributed by atoms with Gasteiger partial charge in [-0.2, -0.15) is 0 Å². The van der Waals surface area contributed by atoms with Gasteiger partial charge in [-0.05, 0) is 54.0 Å². The van der Waals surface area contributed by atoms with Gasteiger partial charge in [0, 0.05) is 12.2 Å². The Morgan fingerprint density at radius 3 is 2.65 bits per heavy atom. The molecule has 0 aromatic heterocycles. The van der Waals surface area contributed by atoms with E-state index in [0.717, 1.165) is 16.7 Å². The molecule has 0 aliphatic heterocycles. The number of hydrogen-bond donors (Lipinski definition) is 0. The van der Waals surface area contributed by atoms with Gasteiger partial charge in [0.1, 0.15) is 11.9 Å². The summed E-state index contributed by atoms with van der Waals surface area (Å²) in [5.41, 5.74) is 3.34. The predicted octanol–water partition coefficient (Wildman–Crippen LogP) is 4.52. The van der Waals surface area contributed by atoms with Crippen LogP contribution in [0.5, 0.6) is 0 Å². The Morgan fingerprint density at radius 2 is 1.91 bits per heavy atom. The third-order valence-corrected chi connectivity index (χ3v) is 3.79. The van der Waals surface area contributed by atoms with Crippen LogP contribution in [0, 0.1) is 5.82 Å². The van der Waals surface area contributed by atoms with Crippen molar-refractivity contribution in [3.8, 4) is 0 Å². The van der Waals surface area contributed by atoms with E-state index in [0.29, 0.717) is 12.2 Å². The van der Waals surface area contributed by atoms with E-state index in [-0.39, 0.29) is 17.7 Å². The maximum atomic E-state index is 13.0. The first-order chi connectivity index (χ1) is 11.2. The normalized spacial score (nSPS) is 18.0. The van der Waals surface area contributed by atoms with E-state index in [1.165, 1.54) is 24.3 Å². The lowest BCUT2D eigenvalue weighted by atomic mass is 9.89. The van der Waals surface area contributed by atoms with Crippen LogP contribution in [0.25, 0.3) is 11.6 Å². The molecule has 0 amide bonds. The van der Waals surface area contributed by atoms with Crippen molar-refractivity contribution in [2.24, 2.45) is 0 Å². The second-order valence-electron chi connectivity index (χ2n) is 5.29. The van der Waals surface area contributed by atoms with Gasteiger partial charge in [0.05, 0.1) is 0 Å². The predicted molar refractivity (Wildman–Crippen MR) is 89.6 cm³/mol. The van der Waals surface area contributed by atoms with E-state index in [1.807, 2.05) is 43.3 Å². The monoisotopic (exact) mass is 308 g/mol. The number of halogens is 1. The van der Waals surface area contributed by atoms with Crippen molar-refractivity contribution in [3.05, 3.63) is 83.2 Å². The Hall–Kier alpha value is -2.52. The molecular formula is C20H17FO2. The number of hydrogen-bond acceptors (Lipinski definition) is 2. The molecule has 1 atom stereocenters. The summed E-state index contributed by atoms with van der Waals surface area (Å²) in [6.07, 6.45) is 5.31. The molecule has 2 aromatic carbocycles. The summed E-state index contributed by atoms with van der Waals surface area (Å²) in [6, 6.07) is 13.5. The summed E-state index contributed by atoms with van der Waals surface area (Å²) < 4.78 is 18.8. The molecule has 0 radical (unpaired) electrons. The van der Waals surface area contributed by atoms with Crippen LogP contribution in [0.4, 0.5) is 4.39 Å². The molecule has 2 aromatic rings. The highest BCUT2D eigenvalue weighted by Gasteiger charge is 2.21. The highest BCUT2D eigenvalue weighted by molar-refractivity contribution is 6.09. The van der Waals surface area contributed by atoms with Crippen LogP contribution in [0.3, 0.4) is 0 Å². The van der Waals surface area contributed by atoms with E-state index in [9.17, 15) is 9.18 Å². The average molecular weight is 308 g/mol. The number of carbonyl (C=O) groups is 1. The number of fused-ring (bicyclic) bond motifs is 1. The summed E-state index contributed by atoms with van der Waals surface area (Å²) in [6.45, 7) is 2.48. The quantitative estimate of drug-likeness (QED) is 0.613. The minimum absolute atomic E-state index is 0.158. The maximum Gasteiger partial charge on any atom is 0.186 e. The summed E-state index contributed by atoms with van der Waals surface area (Å²) in [4.78, 5) is 12.5. The summed E-state index contributed by atoms with van der Waals surface area (Å²) in [5.74, 6) is -0.512. The highest BCUT2D eigenvalue weighted by Crippen LogP contribution is 2.31. The van der Waals surface area contributed by atoms with Gasteiger partial charge in [-0.3, -0.25) is 4.79 Å². The van der Waals surface area contributed by atoms with Crippen LogP contribution in [-0.4, -0.2) is 18.5 Å². The smallest absolute Gasteiger partial charge is 0.186 e. The molecule has 23 heavy (non-hydrogen) atoms. The van der Waals surface area contributed by atoms with Gasteiger partial charge in [-0.1, -0.05) is 36.4 Å². The molecular weight excluding hydrogens is 291 g/mol. The molecule has 0 fully saturated rings. The van der Waals surface area contributed by atoms with Crippen molar-refractivity contribution in [2.45, 2.75) is 13.0 Å². The summed E-state index contributed by atoms with van der Waals surface area (Å²) >= 11 is 0. The molecule has 0 saturated heterocycles. The van der Waals surface area contributed by atoms with E-state index in [2.05, 4.69) is 0 Å². The van der Waals surface area contributed by atoms with E-state index < -0.39 is 0 Å². The van der Waals surface area contributed by atoms with Crippen LogP contribution in [-0.2, 0) is 4.74 Å². The first kappa shape index (κ1) is 15.4. The zero-order valence-corrected chi connectivity index (χ0v) is 12.8. The lowest BCUT2D eigenvalue weighted by Crippen LogP contribution is -2.17. The molecule has 2 nitrogen and oxygen atoms in total. The van der Waals surface area contributed by atoms with Gasteiger partial charge in [-0.25, -0.2) is 4.39 Å². The number of benzene rings is 2. The number of ketones is 1. The Bertz CT molecular complexity index is 772. The molecule has 0 bridgehead atoms. The highest BCUT2D eigenvalue weighted by atomic mass is 19.1. The Kier molecular flexibility index (Phi) is 4.49. The summed E-state index contributed by atoms with van der Waals surface area (Å²) in [7, 11) is 0. The van der Waals surface area contributed by atoms with Gasteiger partial charge >= 0.3 is 0 Å². The lowest BCUT2D eigenvalue weighted by molar-refractivity contribution is 0.104. The molecule has 1 aliphatic carbocycles. The molecule has 1 aliphatic rings. The number of carbonyl (C=O) groups excluding carboxylic acids is 1. The van der Waals surface area contributed by atoms with E-state index in [4.69, 9.17) is 4.74 Å². The lowest BCUT2D eigenvalue weighted by Gasteiger charge is -2.23. The Balaban J connectivity index is 2.01. The SMILES string of the molecule is CCOC1C=Cc2ccccc2C1=CC(=O)c1ccc(F)cc1. The molecule has 3 rings (SSSR count). The van der Waals surface area contributed by atoms with E-state index >= 15 is 0 Å². The average Bonchev–Trinajstić information content (AvgIpc) is 2.57. The van der Waals surface area contributed by atoms with Crippen molar-refractivity contribution < 1.29 is 13.9 Å². The number of ether oxygens (including phenoxy) is 1.